The van der Waals surface area contributed by atoms with Crippen molar-refractivity contribution in [2.45, 2.75) is 26.7 Å². The second-order valence-electron chi connectivity index (χ2n) is 3.14. The number of aromatic nitrogens is 1. The van der Waals surface area contributed by atoms with Gasteiger partial charge in [-0.1, -0.05) is 13.8 Å². The Morgan fingerprint density at radius 3 is 2.69 bits per heavy atom. The molecule has 0 aliphatic carbocycles. The molecule has 72 valence electrons. The normalized spacial score (nSPS) is 10.5. The minimum Gasteiger partial charge on any atom is -0.477 e. The molecule has 0 aromatic carbocycles. The van der Waals surface area contributed by atoms with E-state index in [1.54, 1.807) is 0 Å². The smallest absolute Gasteiger partial charge is 0.227 e. The Bertz CT molecular complexity index is 286. The summed E-state index contributed by atoms with van der Waals surface area (Å²) in [5.41, 5.74) is 1.22. The molecule has 0 unspecified atom stereocenters. The molecule has 0 bridgehead atoms. The van der Waals surface area contributed by atoms with Gasteiger partial charge in [-0.3, -0.25) is 0 Å². The van der Waals surface area contributed by atoms with Gasteiger partial charge in [0, 0.05) is 6.20 Å². The van der Waals surface area contributed by atoms with Crippen LogP contribution in [0.2, 0.25) is 0 Å². The predicted octanol–water partition coefficient (Wildman–Crippen LogP) is 3.37. The minimum atomic E-state index is 0.500. The molecule has 1 aromatic heterocycles. The molecule has 0 saturated carbocycles. The van der Waals surface area contributed by atoms with Crippen LogP contribution in [-0.2, 0) is 0 Å². The summed E-state index contributed by atoms with van der Waals surface area (Å²) < 4.78 is 6.24. The van der Waals surface area contributed by atoms with Crippen LogP contribution in [0.15, 0.2) is 16.7 Å². The minimum absolute atomic E-state index is 0.500. The molecule has 0 radical (unpaired) electrons. The van der Waals surface area contributed by atoms with Gasteiger partial charge in [0.2, 0.25) is 5.88 Å². The highest BCUT2D eigenvalue weighted by Gasteiger charge is 2.05. The lowest BCUT2D eigenvalue weighted by Gasteiger charge is -2.08. The molecule has 0 spiro atoms. The Balaban J connectivity index is 2.92. The maximum atomic E-state index is 5.31. The number of rotatable bonds is 3. The zero-order valence-electron chi connectivity index (χ0n) is 8.17. The van der Waals surface area contributed by atoms with Crippen molar-refractivity contribution in [3.8, 4) is 5.88 Å². The highest BCUT2D eigenvalue weighted by atomic mass is 79.9. The average molecular weight is 244 g/mol. The first-order chi connectivity index (χ1) is 6.15. The van der Waals surface area contributed by atoms with Crippen molar-refractivity contribution < 1.29 is 4.74 Å². The van der Waals surface area contributed by atoms with Crippen LogP contribution in [0, 0.1) is 0 Å². The summed E-state index contributed by atoms with van der Waals surface area (Å²) in [6, 6.07) is 2.06. The Morgan fingerprint density at radius 1 is 1.54 bits per heavy atom. The van der Waals surface area contributed by atoms with Gasteiger partial charge in [0.1, 0.15) is 0 Å². The fourth-order valence-electron chi connectivity index (χ4n) is 0.999. The first-order valence-corrected chi connectivity index (χ1v) is 5.22. The van der Waals surface area contributed by atoms with Gasteiger partial charge in [0.15, 0.2) is 0 Å². The van der Waals surface area contributed by atoms with Crippen molar-refractivity contribution in [2.24, 2.45) is 0 Å². The number of nitrogens with zero attached hydrogens (tertiary/aromatic N) is 1. The van der Waals surface area contributed by atoms with Gasteiger partial charge in [-0.25, -0.2) is 4.98 Å². The van der Waals surface area contributed by atoms with Crippen molar-refractivity contribution in [2.75, 3.05) is 6.61 Å². The summed E-state index contributed by atoms with van der Waals surface area (Å²) >= 11 is 3.43. The van der Waals surface area contributed by atoms with Gasteiger partial charge in [-0.05, 0) is 40.4 Å². The van der Waals surface area contributed by atoms with Crippen molar-refractivity contribution in [1.82, 2.24) is 4.98 Å². The number of hydrogen-bond donors (Lipinski definition) is 0. The molecule has 0 aliphatic rings. The van der Waals surface area contributed by atoms with E-state index in [0.717, 1.165) is 4.47 Å². The zero-order chi connectivity index (χ0) is 9.84. The van der Waals surface area contributed by atoms with E-state index in [0.29, 0.717) is 18.4 Å². The van der Waals surface area contributed by atoms with E-state index < -0.39 is 0 Å². The summed E-state index contributed by atoms with van der Waals surface area (Å²) in [4.78, 5) is 4.22. The molecule has 0 amide bonds. The molecule has 1 aromatic rings. The molecular formula is C10H14BrNO. The molecule has 2 nitrogen and oxygen atoms in total. The lowest BCUT2D eigenvalue weighted by Crippen LogP contribution is -1.97. The van der Waals surface area contributed by atoms with E-state index in [9.17, 15) is 0 Å². The third-order valence-electron chi connectivity index (χ3n) is 1.78. The molecule has 1 rings (SSSR count). The Morgan fingerprint density at radius 2 is 2.23 bits per heavy atom. The van der Waals surface area contributed by atoms with Gasteiger partial charge in [0.25, 0.3) is 0 Å². The van der Waals surface area contributed by atoms with E-state index >= 15 is 0 Å². The largest absolute Gasteiger partial charge is 0.477 e. The van der Waals surface area contributed by atoms with Crippen LogP contribution in [0.25, 0.3) is 0 Å². The highest BCUT2D eigenvalue weighted by molar-refractivity contribution is 9.10. The van der Waals surface area contributed by atoms with Crippen LogP contribution in [0.5, 0.6) is 5.88 Å². The first-order valence-electron chi connectivity index (χ1n) is 4.43. The molecule has 1 heterocycles. The van der Waals surface area contributed by atoms with Crippen molar-refractivity contribution in [1.29, 1.82) is 0 Å². The Hall–Kier alpha value is -0.570. The Kier molecular flexibility index (Phi) is 3.72. The fraction of sp³-hybridized carbons (Fsp3) is 0.500. The van der Waals surface area contributed by atoms with Gasteiger partial charge in [-0.15, -0.1) is 0 Å². The second-order valence-corrected chi connectivity index (χ2v) is 4.00. The molecule has 13 heavy (non-hydrogen) atoms. The predicted molar refractivity (Wildman–Crippen MR) is 57.2 cm³/mol. The van der Waals surface area contributed by atoms with E-state index in [-0.39, 0.29) is 0 Å². The van der Waals surface area contributed by atoms with Gasteiger partial charge in [0.05, 0.1) is 11.1 Å². The third-order valence-corrected chi connectivity index (χ3v) is 2.34. The maximum absolute atomic E-state index is 5.31. The van der Waals surface area contributed by atoms with E-state index in [1.165, 1.54) is 5.56 Å². The topological polar surface area (TPSA) is 22.1 Å². The van der Waals surface area contributed by atoms with Gasteiger partial charge in [-0.2, -0.15) is 0 Å². The SMILES string of the molecule is CCOc1ncc(C(C)C)cc1Br. The number of ether oxygens (including phenoxy) is 1. The van der Waals surface area contributed by atoms with E-state index in [1.807, 2.05) is 13.1 Å². The van der Waals surface area contributed by atoms with Crippen LogP contribution < -0.4 is 4.74 Å². The number of hydrogen-bond acceptors (Lipinski definition) is 2. The molecular weight excluding hydrogens is 230 g/mol. The van der Waals surface area contributed by atoms with E-state index in [4.69, 9.17) is 4.74 Å². The lowest BCUT2D eigenvalue weighted by molar-refractivity contribution is 0.324. The molecule has 0 fully saturated rings. The van der Waals surface area contributed by atoms with Crippen LogP contribution in [-0.4, -0.2) is 11.6 Å². The highest BCUT2D eigenvalue weighted by Crippen LogP contribution is 2.25. The summed E-state index contributed by atoms with van der Waals surface area (Å²) in [5, 5.41) is 0. The van der Waals surface area contributed by atoms with Crippen LogP contribution >= 0.6 is 15.9 Å². The molecule has 0 atom stereocenters. The van der Waals surface area contributed by atoms with Crippen LogP contribution in [0.1, 0.15) is 32.3 Å². The van der Waals surface area contributed by atoms with Crippen molar-refractivity contribution >= 4 is 15.9 Å². The summed E-state index contributed by atoms with van der Waals surface area (Å²) in [5.74, 6) is 1.17. The summed E-state index contributed by atoms with van der Waals surface area (Å²) in [7, 11) is 0. The summed E-state index contributed by atoms with van der Waals surface area (Å²) in [6.07, 6.45) is 1.86. The van der Waals surface area contributed by atoms with E-state index in [2.05, 4.69) is 40.8 Å². The van der Waals surface area contributed by atoms with Gasteiger partial charge < -0.3 is 4.74 Å². The van der Waals surface area contributed by atoms with Gasteiger partial charge >= 0.3 is 0 Å². The van der Waals surface area contributed by atoms with Crippen LogP contribution in [0.3, 0.4) is 0 Å². The Labute approximate surface area is 87.5 Å². The molecule has 0 N–H and O–H groups in total. The van der Waals surface area contributed by atoms with Crippen molar-refractivity contribution in [3.63, 3.8) is 0 Å². The molecule has 0 saturated heterocycles. The average Bonchev–Trinajstić information content (AvgIpc) is 2.08. The maximum Gasteiger partial charge on any atom is 0.227 e. The third kappa shape index (κ3) is 2.69. The number of halogens is 1. The standard InChI is InChI=1S/C10H14BrNO/c1-4-13-10-9(11)5-8(6-12-10)7(2)3/h5-7H,4H2,1-3H3. The lowest BCUT2D eigenvalue weighted by atomic mass is 10.1. The summed E-state index contributed by atoms with van der Waals surface area (Å²) in [6.45, 7) is 6.88. The number of pyridine rings is 1. The quantitative estimate of drug-likeness (QED) is 0.813. The fourth-order valence-corrected chi connectivity index (χ4v) is 1.48. The second kappa shape index (κ2) is 4.61. The first kappa shape index (κ1) is 10.5. The molecule has 0 aliphatic heterocycles. The molecule has 3 heteroatoms. The van der Waals surface area contributed by atoms with Crippen LogP contribution in [0.4, 0.5) is 0 Å². The van der Waals surface area contributed by atoms with Crippen molar-refractivity contribution in [3.05, 3.63) is 22.3 Å². The monoisotopic (exact) mass is 243 g/mol. The zero-order valence-corrected chi connectivity index (χ0v) is 9.76.